The molecule has 23 heavy (non-hydrogen) atoms. The summed E-state index contributed by atoms with van der Waals surface area (Å²) in [7, 11) is 0. The number of rotatable bonds is 6. The molecule has 0 aliphatic carbocycles. The van der Waals surface area contributed by atoms with Crippen molar-refractivity contribution >= 4 is 23.4 Å². The van der Waals surface area contributed by atoms with Gasteiger partial charge >= 0.3 is 5.69 Å². The third kappa shape index (κ3) is 4.55. The Hall–Kier alpha value is -2.37. The van der Waals surface area contributed by atoms with E-state index < -0.39 is 0 Å². The van der Waals surface area contributed by atoms with Crippen LogP contribution in [0, 0.1) is 0 Å². The largest absolute Gasteiger partial charge is 0.326 e. The van der Waals surface area contributed by atoms with Crippen LogP contribution in [-0.2, 0) is 16.0 Å². The highest BCUT2D eigenvalue weighted by Crippen LogP contribution is 2.19. The van der Waals surface area contributed by atoms with E-state index >= 15 is 0 Å². The normalized spacial score (nSPS) is 11.5. The van der Waals surface area contributed by atoms with Gasteiger partial charge < -0.3 is 4.98 Å². The average molecular weight is 319 g/mol. The van der Waals surface area contributed by atoms with Gasteiger partial charge in [0.25, 0.3) is 0 Å². The molecule has 126 valence electrons. The number of imidazole rings is 1. The summed E-state index contributed by atoms with van der Waals surface area (Å²) >= 11 is 0. The first-order valence-corrected chi connectivity index (χ1v) is 8.03. The molecule has 6 heteroatoms. The predicted molar refractivity (Wildman–Crippen MR) is 91.4 cm³/mol. The number of fused-ring (bicyclic) bond motifs is 1. The highest BCUT2D eigenvalue weighted by atomic mass is 16.2. The first-order chi connectivity index (χ1) is 11.1. The predicted octanol–water partition coefficient (Wildman–Crippen LogP) is 2.53. The molecule has 0 aliphatic rings. The zero-order chi connectivity index (χ0) is 17.4. The van der Waals surface area contributed by atoms with Crippen LogP contribution in [0.1, 0.15) is 52.1 Å². The number of benzene rings is 1. The molecule has 0 radical (unpaired) electrons. The lowest BCUT2D eigenvalue weighted by Crippen LogP contribution is -2.24. The third-order valence-electron chi connectivity index (χ3n) is 3.64. The van der Waals surface area contributed by atoms with E-state index in [0.29, 0.717) is 12.8 Å². The van der Waals surface area contributed by atoms with Crippen LogP contribution in [-0.4, -0.2) is 21.9 Å². The number of carbonyl (C=O) groups excluding carboxylic acids is 2. The minimum atomic E-state index is -0.335. The van der Waals surface area contributed by atoms with Gasteiger partial charge in [-0.25, -0.2) is 4.79 Å². The van der Waals surface area contributed by atoms with Crippen molar-refractivity contribution in [2.75, 3.05) is 0 Å². The van der Waals surface area contributed by atoms with Crippen LogP contribution in [0.2, 0.25) is 0 Å². The number of H-pyrrole nitrogens is 1. The second-order valence-electron chi connectivity index (χ2n) is 5.08. The monoisotopic (exact) mass is 319 g/mol. The van der Waals surface area contributed by atoms with E-state index in [1.165, 1.54) is 0 Å². The zero-order valence-corrected chi connectivity index (χ0v) is 14.2. The van der Waals surface area contributed by atoms with Crippen LogP contribution < -0.4 is 11.0 Å². The van der Waals surface area contributed by atoms with Gasteiger partial charge in [-0.15, -0.1) is 0 Å². The van der Waals surface area contributed by atoms with E-state index in [1.54, 1.807) is 4.57 Å². The van der Waals surface area contributed by atoms with Gasteiger partial charge in [0.15, 0.2) is 0 Å². The molecular weight excluding hydrogens is 294 g/mol. The molecule has 1 atom stereocenters. The molecule has 0 saturated heterocycles. The first kappa shape index (κ1) is 18.7. The lowest BCUT2D eigenvalue weighted by atomic mass is 10.1. The molecule has 2 rings (SSSR count). The van der Waals surface area contributed by atoms with Gasteiger partial charge in [-0.05, 0) is 37.5 Å². The molecule has 0 saturated carbocycles. The Morgan fingerprint density at radius 3 is 2.70 bits per heavy atom. The molecule has 6 nitrogen and oxygen atoms in total. The Morgan fingerprint density at radius 1 is 1.39 bits per heavy atom. The Bertz CT molecular complexity index is 715. The standard InChI is InChI=1S/C15H19N3O3.C2H6/c1-3-11-5-6-13-12(8-11)17-15(21)18(13)10(2)4-7-14(20)16-9-19;1-2/h5-6,8-10H,3-4,7H2,1-2H3,(H,17,21)(H,16,19,20);1-2H3. The summed E-state index contributed by atoms with van der Waals surface area (Å²) in [4.78, 5) is 36.4. The number of amides is 2. The van der Waals surface area contributed by atoms with E-state index in [4.69, 9.17) is 0 Å². The van der Waals surface area contributed by atoms with Crippen molar-refractivity contribution in [3.63, 3.8) is 0 Å². The van der Waals surface area contributed by atoms with Crippen molar-refractivity contribution in [3.05, 3.63) is 34.2 Å². The van der Waals surface area contributed by atoms with Crippen LogP contribution in [0.15, 0.2) is 23.0 Å². The number of hydrogen-bond acceptors (Lipinski definition) is 3. The molecule has 1 aromatic heterocycles. The van der Waals surface area contributed by atoms with E-state index in [2.05, 4.69) is 17.2 Å². The van der Waals surface area contributed by atoms with Gasteiger partial charge in [0, 0.05) is 12.5 Å². The fourth-order valence-electron chi connectivity index (χ4n) is 2.44. The zero-order valence-electron chi connectivity index (χ0n) is 14.2. The van der Waals surface area contributed by atoms with Gasteiger partial charge in [0.05, 0.1) is 11.0 Å². The molecule has 2 aromatic rings. The van der Waals surface area contributed by atoms with Gasteiger partial charge in [0.1, 0.15) is 0 Å². The second kappa shape index (κ2) is 8.92. The van der Waals surface area contributed by atoms with Crippen molar-refractivity contribution in [2.24, 2.45) is 0 Å². The molecule has 2 N–H and O–H groups in total. The Labute approximate surface area is 135 Å². The molecule has 0 aliphatic heterocycles. The topological polar surface area (TPSA) is 84.0 Å². The summed E-state index contributed by atoms with van der Waals surface area (Å²) in [6, 6.07) is 5.77. The SMILES string of the molecule is CC.CCc1ccc2c(c1)[nH]c(=O)n2C(C)CCC(=O)NC=O. The van der Waals surface area contributed by atoms with E-state index in [9.17, 15) is 14.4 Å². The quantitative estimate of drug-likeness (QED) is 0.802. The van der Waals surface area contributed by atoms with Crippen molar-refractivity contribution in [3.8, 4) is 0 Å². The lowest BCUT2D eigenvalue weighted by Gasteiger charge is -2.13. The molecule has 1 heterocycles. The molecule has 0 fully saturated rings. The fourth-order valence-corrected chi connectivity index (χ4v) is 2.44. The molecule has 0 bridgehead atoms. The number of aromatic nitrogens is 2. The first-order valence-electron chi connectivity index (χ1n) is 8.03. The van der Waals surface area contributed by atoms with Crippen molar-refractivity contribution in [1.29, 1.82) is 0 Å². The van der Waals surface area contributed by atoms with Crippen molar-refractivity contribution in [1.82, 2.24) is 14.9 Å². The van der Waals surface area contributed by atoms with Crippen LogP contribution in [0.3, 0.4) is 0 Å². The maximum absolute atomic E-state index is 12.1. The number of nitrogens with one attached hydrogen (secondary N) is 2. The van der Waals surface area contributed by atoms with E-state index in [-0.39, 0.29) is 24.1 Å². The fraction of sp³-hybridized carbons (Fsp3) is 0.471. The van der Waals surface area contributed by atoms with Crippen molar-refractivity contribution < 1.29 is 9.59 Å². The number of hydrogen-bond donors (Lipinski definition) is 2. The number of imide groups is 1. The Morgan fingerprint density at radius 2 is 2.09 bits per heavy atom. The lowest BCUT2D eigenvalue weighted by molar-refractivity contribution is -0.125. The third-order valence-corrected chi connectivity index (χ3v) is 3.64. The summed E-state index contributed by atoms with van der Waals surface area (Å²) in [5.41, 5.74) is 2.62. The Balaban J connectivity index is 0.00000127. The minimum absolute atomic E-state index is 0.129. The number of carbonyl (C=O) groups is 2. The van der Waals surface area contributed by atoms with E-state index in [0.717, 1.165) is 23.0 Å². The van der Waals surface area contributed by atoms with Crippen LogP contribution in [0.5, 0.6) is 0 Å². The number of nitrogens with zero attached hydrogens (tertiary/aromatic N) is 1. The number of aromatic amines is 1. The van der Waals surface area contributed by atoms with Gasteiger partial charge in [-0.2, -0.15) is 0 Å². The summed E-state index contributed by atoms with van der Waals surface area (Å²) in [5, 5.41) is 2.10. The highest BCUT2D eigenvalue weighted by molar-refractivity contribution is 5.85. The maximum Gasteiger partial charge on any atom is 0.326 e. The molecular formula is C17H25N3O3. The summed E-state index contributed by atoms with van der Waals surface area (Å²) in [6.45, 7) is 7.95. The second-order valence-corrected chi connectivity index (χ2v) is 5.08. The highest BCUT2D eigenvalue weighted by Gasteiger charge is 2.14. The van der Waals surface area contributed by atoms with Gasteiger partial charge in [-0.1, -0.05) is 26.8 Å². The summed E-state index contributed by atoms with van der Waals surface area (Å²) < 4.78 is 1.66. The summed E-state index contributed by atoms with van der Waals surface area (Å²) in [6.07, 6.45) is 1.97. The Kier molecular flexibility index (Phi) is 7.25. The maximum atomic E-state index is 12.1. The van der Waals surface area contributed by atoms with Gasteiger partial charge in [-0.3, -0.25) is 19.5 Å². The molecule has 0 spiro atoms. The van der Waals surface area contributed by atoms with E-state index in [1.807, 2.05) is 39.0 Å². The molecule has 1 unspecified atom stereocenters. The smallest absolute Gasteiger partial charge is 0.306 e. The number of aryl methyl sites for hydroxylation is 1. The van der Waals surface area contributed by atoms with Crippen molar-refractivity contribution in [2.45, 2.75) is 53.0 Å². The van der Waals surface area contributed by atoms with Gasteiger partial charge in [0.2, 0.25) is 12.3 Å². The van der Waals surface area contributed by atoms with Crippen LogP contribution >= 0.6 is 0 Å². The molecule has 1 aromatic carbocycles. The summed E-state index contributed by atoms with van der Waals surface area (Å²) in [5.74, 6) is -0.335. The molecule has 2 amide bonds. The minimum Gasteiger partial charge on any atom is -0.306 e. The van der Waals surface area contributed by atoms with Crippen LogP contribution in [0.4, 0.5) is 0 Å². The van der Waals surface area contributed by atoms with Crippen LogP contribution in [0.25, 0.3) is 11.0 Å². The average Bonchev–Trinajstić information content (AvgIpc) is 2.89.